The smallest absolute Gasteiger partial charge is 0.259 e. The predicted molar refractivity (Wildman–Crippen MR) is 109 cm³/mol. The van der Waals surface area contributed by atoms with Crippen molar-refractivity contribution < 1.29 is 9.32 Å². The second-order valence-electron chi connectivity index (χ2n) is 8.12. The largest absolute Gasteiger partial charge is 0.339 e. The minimum atomic E-state index is 0.0683. The molecule has 0 N–H and O–H groups in total. The van der Waals surface area contributed by atoms with Gasteiger partial charge in [0.25, 0.3) is 11.6 Å². The van der Waals surface area contributed by atoms with Crippen LogP contribution in [-0.4, -0.2) is 34.0 Å². The molecule has 1 aliphatic rings. The number of benzene rings is 1. The summed E-state index contributed by atoms with van der Waals surface area (Å²) in [5.74, 6) is 0.921. The lowest BCUT2D eigenvalue weighted by molar-refractivity contribution is 0.0692. The number of fused-ring (bicyclic) bond motifs is 1. The van der Waals surface area contributed by atoms with Gasteiger partial charge in [-0.2, -0.15) is 0 Å². The lowest BCUT2D eigenvalue weighted by atomic mass is 9.90. The molecule has 0 aliphatic carbocycles. The average Bonchev–Trinajstić information content (AvgIpc) is 3.09. The zero-order chi connectivity index (χ0) is 19.7. The van der Waals surface area contributed by atoms with Crippen LogP contribution in [0.15, 0.2) is 40.9 Å². The van der Waals surface area contributed by atoms with Gasteiger partial charge in [0.05, 0.1) is 16.6 Å². The van der Waals surface area contributed by atoms with Gasteiger partial charge in [-0.05, 0) is 49.7 Å². The van der Waals surface area contributed by atoms with Crippen molar-refractivity contribution in [2.45, 2.75) is 46.0 Å². The van der Waals surface area contributed by atoms with Crippen molar-refractivity contribution in [2.75, 3.05) is 13.1 Å². The van der Waals surface area contributed by atoms with Crippen LogP contribution < -0.4 is 0 Å². The van der Waals surface area contributed by atoms with Crippen LogP contribution in [0.3, 0.4) is 0 Å². The molecule has 2 aromatic heterocycles. The number of likely N-dealkylation sites (tertiary alicyclic amines) is 1. The number of piperidine rings is 1. The van der Waals surface area contributed by atoms with Gasteiger partial charge >= 0.3 is 0 Å². The van der Waals surface area contributed by atoms with Crippen molar-refractivity contribution in [2.24, 2.45) is 5.92 Å². The Morgan fingerprint density at radius 1 is 1.21 bits per heavy atom. The summed E-state index contributed by atoms with van der Waals surface area (Å²) in [6.07, 6.45) is 3.16. The van der Waals surface area contributed by atoms with E-state index in [1.807, 2.05) is 17.9 Å². The molecule has 0 radical (unpaired) electrons. The van der Waals surface area contributed by atoms with Gasteiger partial charge in [-0.1, -0.05) is 49.3 Å². The fourth-order valence-corrected chi connectivity index (χ4v) is 4.04. The van der Waals surface area contributed by atoms with E-state index in [4.69, 9.17) is 4.52 Å². The van der Waals surface area contributed by atoms with Gasteiger partial charge < -0.3 is 9.42 Å². The molecule has 1 aliphatic heterocycles. The van der Waals surface area contributed by atoms with Crippen molar-refractivity contribution in [1.29, 1.82) is 0 Å². The van der Waals surface area contributed by atoms with Crippen molar-refractivity contribution >= 4 is 17.0 Å². The molecular formula is C23H27N3O2. The lowest BCUT2D eigenvalue weighted by Gasteiger charge is -2.32. The summed E-state index contributed by atoms with van der Waals surface area (Å²) in [5.41, 5.74) is 4.11. The van der Waals surface area contributed by atoms with Crippen molar-refractivity contribution in [3.05, 3.63) is 58.9 Å². The minimum absolute atomic E-state index is 0.0683. The SMILES string of the molecule is Cc1noc2nc(C(C)C)cc(C(=O)N3CCC(Cc4ccccc4)CC3)c12. The molecule has 1 fully saturated rings. The summed E-state index contributed by atoms with van der Waals surface area (Å²) in [7, 11) is 0. The number of aryl methyl sites for hydroxylation is 1. The molecule has 0 atom stereocenters. The van der Waals surface area contributed by atoms with Gasteiger partial charge in [-0.15, -0.1) is 0 Å². The number of aromatic nitrogens is 2. The Morgan fingerprint density at radius 2 is 1.93 bits per heavy atom. The zero-order valence-electron chi connectivity index (χ0n) is 16.8. The number of nitrogens with zero attached hydrogens (tertiary/aromatic N) is 3. The third-order valence-electron chi connectivity index (χ3n) is 5.73. The standard InChI is InChI=1S/C23H27N3O2/c1-15(2)20-14-19(21-16(3)25-28-22(21)24-20)23(27)26-11-9-18(10-12-26)13-17-7-5-4-6-8-17/h4-8,14-15,18H,9-13H2,1-3H3. The summed E-state index contributed by atoms with van der Waals surface area (Å²) >= 11 is 0. The van der Waals surface area contributed by atoms with Crippen LogP contribution in [0, 0.1) is 12.8 Å². The molecule has 0 unspecified atom stereocenters. The number of carbonyl (C=O) groups excluding carboxylic acids is 1. The number of rotatable bonds is 4. The maximum absolute atomic E-state index is 13.3. The van der Waals surface area contributed by atoms with Crippen LogP contribution in [0.2, 0.25) is 0 Å². The molecule has 5 heteroatoms. The topological polar surface area (TPSA) is 59.2 Å². The van der Waals surface area contributed by atoms with Crippen LogP contribution in [0.1, 0.15) is 59.9 Å². The van der Waals surface area contributed by atoms with Gasteiger partial charge in [0, 0.05) is 18.8 Å². The summed E-state index contributed by atoms with van der Waals surface area (Å²) in [6, 6.07) is 12.5. The van der Waals surface area contributed by atoms with Crippen LogP contribution in [-0.2, 0) is 6.42 Å². The highest BCUT2D eigenvalue weighted by molar-refractivity contribution is 6.06. The zero-order valence-corrected chi connectivity index (χ0v) is 16.8. The third-order valence-corrected chi connectivity index (χ3v) is 5.73. The normalized spacial score (nSPS) is 15.5. The summed E-state index contributed by atoms with van der Waals surface area (Å²) in [5, 5.41) is 4.79. The third kappa shape index (κ3) is 3.66. The maximum Gasteiger partial charge on any atom is 0.259 e. The molecule has 0 spiro atoms. The monoisotopic (exact) mass is 377 g/mol. The first-order valence-electron chi connectivity index (χ1n) is 10.1. The highest BCUT2D eigenvalue weighted by Crippen LogP contribution is 2.28. The number of carbonyl (C=O) groups is 1. The highest BCUT2D eigenvalue weighted by Gasteiger charge is 2.27. The van der Waals surface area contributed by atoms with Crippen LogP contribution in [0.25, 0.3) is 11.1 Å². The van der Waals surface area contributed by atoms with E-state index in [-0.39, 0.29) is 11.8 Å². The Kier molecular flexibility index (Phi) is 5.16. The van der Waals surface area contributed by atoms with Gasteiger partial charge in [0.15, 0.2) is 0 Å². The molecule has 146 valence electrons. The maximum atomic E-state index is 13.3. The quantitative estimate of drug-likeness (QED) is 0.658. The second-order valence-corrected chi connectivity index (χ2v) is 8.12. The highest BCUT2D eigenvalue weighted by atomic mass is 16.5. The van der Waals surface area contributed by atoms with Gasteiger partial charge in [-0.3, -0.25) is 4.79 Å². The number of pyridine rings is 1. The fourth-order valence-electron chi connectivity index (χ4n) is 4.04. The summed E-state index contributed by atoms with van der Waals surface area (Å²) in [6.45, 7) is 7.59. The van der Waals surface area contributed by atoms with E-state index in [9.17, 15) is 4.79 Å². The van der Waals surface area contributed by atoms with E-state index in [1.165, 1.54) is 5.56 Å². The number of amides is 1. The Bertz CT molecular complexity index is 970. The first kappa shape index (κ1) is 18.7. The van der Waals surface area contributed by atoms with E-state index >= 15 is 0 Å². The Balaban J connectivity index is 1.52. The molecule has 4 rings (SSSR count). The van der Waals surface area contributed by atoms with Crippen molar-refractivity contribution in [3.8, 4) is 0 Å². The fraction of sp³-hybridized carbons (Fsp3) is 0.435. The van der Waals surface area contributed by atoms with Gasteiger partial charge in [0.2, 0.25) is 0 Å². The van der Waals surface area contributed by atoms with E-state index in [0.29, 0.717) is 17.2 Å². The molecular weight excluding hydrogens is 350 g/mol. The lowest BCUT2D eigenvalue weighted by Crippen LogP contribution is -2.39. The number of hydrogen-bond donors (Lipinski definition) is 0. The molecule has 3 aromatic rings. The molecule has 3 heterocycles. The first-order valence-corrected chi connectivity index (χ1v) is 10.1. The van der Waals surface area contributed by atoms with Gasteiger partial charge in [-0.25, -0.2) is 4.98 Å². The van der Waals surface area contributed by atoms with Crippen LogP contribution in [0.5, 0.6) is 0 Å². The van der Waals surface area contributed by atoms with E-state index in [2.05, 4.69) is 54.3 Å². The molecule has 1 amide bonds. The molecule has 0 saturated carbocycles. The van der Waals surface area contributed by atoms with Crippen molar-refractivity contribution in [3.63, 3.8) is 0 Å². The Hall–Kier alpha value is -2.69. The van der Waals surface area contributed by atoms with Crippen molar-refractivity contribution in [1.82, 2.24) is 15.0 Å². The number of hydrogen-bond acceptors (Lipinski definition) is 4. The Morgan fingerprint density at radius 3 is 2.61 bits per heavy atom. The van der Waals surface area contributed by atoms with Crippen LogP contribution >= 0.6 is 0 Å². The average molecular weight is 377 g/mol. The molecule has 1 saturated heterocycles. The van der Waals surface area contributed by atoms with E-state index in [1.54, 1.807) is 0 Å². The van der Waals surface area contributed by atoms with E-state index < -0.39 is 0 Å². The molecule has 1 aromatic carbocycles. The van der Waals surface area contributed by atoms with E-state index in [0.717, 1.165) is 49.1 Å². The molecule has 5 nitrogen and oxygen atoms in total. The van der Waals surface area contributed by atoms with Crippen LogP contribution in [0.4, 0.5) is 0 Å². The Labute approximate surface area is 165 Å². The summed E-state index contributed by atoms with van der Waals surface area (Å²) in [4.78, 5) is 19.9. The molecule has 0 bridgehead atoms. The molecule has 28 heavy (non-hydrogen) atoms. The van der Waals surface area contributed by atoms with Gasteiger partial charge in [0.1, 0.15) is 0 Å². The summed E-state index contributed by atoms with van der Waals surface area (Å²) < 4.78 is 5.37. The second kappa shape index (κ2) is 7.74. The minimum Gasteiger partial charge on any atom is -0.339 e. The first-order chi connectivity index (χ1) is 13.5. The predicted octanol–water partition coefficient (Wildman–Crippen LogP) is 4.75.